The van der Waals surface area contributed by atoms with Crippen LogP contribution in [0.3, 0.4) is 0 Å². The zero-order valence-corrected chi connectivity index (χ0v) is 13.9. The predicted octanol–water partition coefficient (Wildman–Crippen LogP) is 2.06. The van der Waals surface area contributed by atoms with E-state index < -0.39 is 0 Å². The number of carbonyl (C=O) groups excluding carboxylic acids is 1. The Labute approximate surface area is 131 Å². The Balaban J connectivity index is 1.30. The van der Waals surface area contributed by atoms with E-state index in [4.69, 9.17) is 0 Å². The molecule has 0 unspecified atom stereocenters. The highest BCUT2D eigenvalue weighted by atomic mass is 32.2. The highest BCUT2D eigenvalue weighted by Crippen LogP contribution is 2.58. The number of nitrogens with zero attached hydrogens (tertiary/aromatic N) is 3. The largest absolute Gasteiger partial charge is 0.348 e. The van der Waals surface area contributed by atoms with Gasteiger partial charge in [-0.3, -0.25) is 9.79 Å². The van der Waals surface area contributed by atoms with Crippen molar-refractivity contribution in [2.24, 2.45) is 22.7 Å². The molecule has 5 heteroatoms. The summed E-state index contributed by atoms with van der Waals surface area (Å²) < 4.78 is 0.244. The van der Waals surface area contributed by atoms with Crippen LogP contribution in [0.5, 0.6) is 0 Å². The molecular formula is C16H25N3OS. The normalized spacial score (nSPS) is 37.4. The number of amidine groups is 1. The van der Waals surface area contributed by atoms with Gasteiger partial charge in [0.2, 0.25) is 5.91 Å². The summed E-state index contributed by atoms with van der Waals surface area (Å²) in [6, 6.07) is 0. The molecule has 2 aliphatic carbocycles. The van der Waals surface area contributed by atoms with Crippen LogP contribution in [-0.4, -0.2) is 58.3 Å². The summed E-state index contributed by atoms with van der Waals surface area (Å²) in [6.07, 6.45) is 3.94. The van der Waals surface area contributed by atoms with Crippen LogP contribution in [0.4, 0.5) is 0 Å². The van der Waals surface area contributed by atoms with Crippen LogP contribution in [0.2, 0.25) is 0 Å². The minimum absolute atomic E-state index is 0.244. The van der Waals surface area contributed by atoms with Crippen molar-refractivity contribution >= 4 is 22.8 Å². The maximum atomic E-state index is 12.6. The molecule has 1 saturated heterocycles. The summed E-state index contributed by atoms with van der Waals surface area (Å²) in [5.41, 5.74) is 0. The minimum atomic E-state index is 0.244. The molecule has 0 spiro atoms. The predicted molar refractivity (Wildman–Crippen MR) is 86.4 cm³/mol. The summed E-state index contributed by atoms with van der Waals surface area (Å²) in [5.74, 6) is 2.32. The third-order valence-electron chi connectivity index (χ3n) is 5.52. The first-order valence-corrected chi connectivity index (χ1v) is 9.14. The van der Waals surface area contributed by atoms with E-state index in [0.717, 1.165) is 44.6 Å². The van der Waals surface area contributed by atoms with Crippen LogP contribution >= 0.6 is 11.8 Å². The second kappa shape index (κ2) is 4.90. The van der Waals surface area contributed by atoms with Crippen LogP contribution in [-0.2, 0) is 4.79 Å². The molecule has 4 rings (SSSR count). The van der Waals surface area contributed by atoms with Crippen LogP contribution < -0.4 is 0 Å². The molecule has 0 radical (unpaired) electrons. The second-order valence-corrected chi connectivity index (χ2v) is 9.23. The van der Waals surface area contributed by atoms with Gasteiger partial charge in [0.1, 0.15) is 0 Å². The lowest BCUT2D eigenvalue weighted by molar-refractivity contribution is -0.134. The first-order chi connectivity index (χ1) is 10.1. The average molecular weight is 307 g/mol. The van der Waals surface area contributed by atoms with Crippen molar-refractivity contribution < 1.29 is 4.79 Å². The molecule has 1 amide bonds. The van der Waals surface area contributed by atoms with Gasteiger partial charge in [0.25, 0.3) is 0 Å². The van der Waals surface area contributed by atoms with Crippen molar-refractivity contribution in [2.45, 2.75) is 37.9 Å². The van der Waals surface area contributed by atoms with E-state index >= 15 is 0 Å². The number of thioether (sulfide) groups is 1. The molecule has 2 aliphatic heterocycles. The van der Waals surface area contributed by atoms with Crippen LogP contribution in [0.15, 0.2) is 4.99 Å². The van der Waals surface area contributed by atoms with E-state index in [-0.39, 0.29) is 4.75 Å². The monoisotopic (exact) mass is 307 g/mol. The van der Waals surface area contributed by atoms with Gasteiger partial charge < -0.3 is 9.80 Å². The van der Waals surface area contributed by atoms with Gasteiger partial charge in [-0.15, -0.1) is 0 Å². The number of hydrogen-bond donors (Lipinski definition) is 0. The Bertz CT molecular complexity index is 472. The van der Waals surface area contributed by atoms with Crippen LogP contribution in [0, 0.1) is 17.8 Å². The number of fused-ring (bicyclic) bond motifs is 1. The maximum absolute atomic E-state index is 12.6. The fourth-order valence-electron chi connectivity index (χ4n) is 4.25. The van der Waals surface area contributed by atoms with Gasteiger partial charge in [0.15, 0.2) is 5.17 Å². The molecule has 3 fully saturated rings. The Kier molecular flexibility index (Phi) is 3.25. The van der Waals surface area contributed by atoms with Gasteiger partial charge in [-0.05, 0) is 38.5 Å². The summed E-state index contributed by atoms with van der Waals surface area (Å²) in [7, 11) is 0. The Morgan fingerprint density at radius 3 is 2.43 bits per heavy atom. The minimum Gasteiger partial charge on any atom is -0.348 e. The molecule has 2 heterocycles. The number of hydrogen-bond acceptors (Lipinski definition) is 4. The molecule has 21 heavy (non-hydrogen) atoms. The number of piperazine rings is 1. The number of aliphatic imine (C=N–C) groups is 1. The number of amides is 1. The molecular weight excluding hydrogens is 282 g/mol. The van der Waals surface area contributed by atoms with Gasteiger partial charge in [-0.25, -0.2) is 0 Å². The van der Waals surface area contributed by atoms with Crippen LogP contribution in [0.1, 0.15) is 33.1 Å². The van der Waals surface area contributed by atoms with E-state index in [1.165, 1.54) is 24.4 Å². The third-order valence-corrected chi connectivity index (χ3v) is 6.77. The Morgan fingerprint density at radius 2 is 1.86 bits per heavy atom. The lowest BCUT2D eigenvalue weighted by atomic mass is 10.1. The van der Waals surface area contributed by atoms with E-state index in [2.05, 4.69) is 28.6 Å². The van der Waals surface area contributed by atoms with E-state index in [1.54, 1.807) is 0 Å². The zero-order valence-electron chi connectivity index (χ0n) is 13.0. The molecule has 0 N–H and O–H groups in total. The molecule has 2 atom stereocenters. The molecule has 4 nitrogen and oxygen atoms in total. The standard InChI is InChI=1S/C16H25N3OS/c1-16(2)10-17-15(21-16)19-8-6-18(7-9-19)14(20)13-11-4-3-5-12(11)13/h11-13H,3-10H2,1-2H3/t11-,12-/m1/s1. The SMILES string of the molecule is CC1(C)CN=C(N2CCN(C(=O)C3[C@@H]4CCC[C@@H]34)CC2)S1. The van der Waals surface area contributed by atoms with E-state index in [0.29, 0.717) is 11.8 Å². The highest BCUT2D eigenvalue weighted by Gasteiger charge is 2.57. The zero-order chi connectivity index (χ0) is 14.6. The third kappa shape index (κ3) is 2.47. The topological polar surface area (TPSA) is 35.9 Å². The molecule has 0 bridgehead atoms. The van der Waals surface area contributed by atoms with Gasteiger partial charge in [0.05, 0.1) is 6.54 Å². The number of rotatable bonds is 1. The smallest absolute Gasteiger partial charge is 0.226 e. The van der Waals surface area contributed by atoms with Crippen molar-refractivity contribution in [2.75, 3.05) is 32.7 Å². The van der Waals surface area contributed by atoms with Gasteiger partial charge in [-0.1, -0.05) is 18.2 Å². The van der Waals surface area contributed by atoms with Crippen molar-refractivity contribution in [1.82, 2.24) is 9.80 Å². The summed E-state index contributed by atoms with van der Waals surface area (Å²) in [6.45, 7) is 9.09. The molecule has 0 aromatic rings. The molecule has 116 valence electrons. The fraction of sp³-hybridized carbons (Fsp3) is 0.875. The molecule has 0 aromatic carbocycles. The Hall–Kier alpha value is -0.710. The van der Waals surface area contributed by atoms with Crippen molar-refractivity contribution in [3.63, 3.8) is 0 Å². The van der Waals surface area contributed by atoms with Gasteiger partial charge >= 0.3 is 0 Å². The first kappa shape index (κ1) is 13.9. The van der Waals surface area contributed by atoms with Crippen LogP contribution in [0.25, 0.3) is 0 Å². The first-order valence-electron chi connectivity index (χ1n) is 8.32. The summed E-state index contributed by atoms with van der Waals surface area (Å²) in [4.78, 5) is 21.7. The van der Waals surface area contributed by atoms with Crippen molar-refractivity contribution in [3.05, 3.63) is 0 Å². The average Bonchev–Trinajstić information content (AvgIpc) is 2.82. The second-order valence-electron chi connectivity index (χ2n) is 7.56. The van der Waals surface area contributed by atoms with Gasteiger partial charge in [0, 0.05) is 36.8 Å². The Morgan fingerprint density at radius 1 is 1.19 bits per heavy atom. The quantitative estimate of drug-likeness (QED) is 0.744. The fourth-order valence-corrected chi connectivity index (χ4v) is 5.32. The lowest BCUT2D eigenvalue weighted by Crippen LogP contribution is -2.50. The van der Waals surface area contributed by atoms with Gasteiger partial charge in [-0.2, -0.15) is 0 Å². The van der Waals surface area contributed by atoms with E-state index in [1.807, 2.05) is 11.8 Å². The number of carbonyl (C=O) groups is 1. The maximum Gasteiger partial charge on any atom is 0.226 e. The summed E-state index contributed by atoms with van der Waals surface area (Å²) in [5, 5.41) is 1.19. The lowest BCUT2D eigenvalue weighted by Gasteiger charge is -2.36. The summed E-state index contributed by atoms with van der Waals surface area (Å²) >= 11 is 1.89. The highest BCUT2D eigenvalue weighted by molar-refractivity contribution is 8.15. The van der Waals surface area contributed by atoms with Crippen molar-refractivity contribution in [3.8, 4) is 0 Å². The van der Waals surface area contributed by atoms with Crippen molar-refractivity contribution in [1.29, 1.82) is 0 Å². The molecule has 2 saturated carbocycles. The molecule has 0 aromatic heterocycles. The molecule has 4 aliphatic rings. The van der Waals surface area contributed by atoms with E-state index in [9.17, 15) is 4.79 Å².